The van der Waals surface area contributed by atoms with Gasteiger partial charge in [-0.05, 0) is 30.3 Å². The molecule has 1 heterocycles. The second-order valence-corrected chi connectivity index (χ2v) is 4.30. The first kappa shape index (κ1) is 11.7. The van der Waals surface area contributed by atoms with Crippen molar-refractivity contribution in [1.82, 2.24) is 0 Å². The highest BCUT2D eigenvalue weighted by molar-refractivity contribution is 9.10. The van der Waals surface area contributed by atoms with Gasteiger partial charge < -0.3 is 9.52 Å². The molecular weight excluding hydrogens is 284 g/mol. The van der Waals surface area contributed by atoms with E-state index in [0.29, 0.717) is 11.5 Å². The van der Waals surface area contributed by atoms with Crippen LogP contribution >= 0.6 is 15.9 Å². The number of benzene rings is 1. The Morgan fingerprint density at radius 1 is 1.18 bits per heavy atom. The van der Waals surface area contributed by atoms with Crippen molar-refractivity contribution in [3.63, 3.8) is 0 Å². The van der Waals surface area contributed by atoms with Crippen molar-refractivity contribution in [3.05, 3.63) is 52.7 Å². The highest BCUT2D eigenvalue weighted by atomic mass is 79.9. The van der Waals surface area contributed by atoms with Crippen molar-refractivity contribution in [1.29, 1.82) is 0 Å². The van der Waals surface area contributed by atoms with Crippen LogP contribution in [0, 0.1) is 0 Å². The fourth-order valence-corrected chi connectivity index (χ4v) is 1.63. The zero-order valence-corrected chi connectivity index (χ0v) is 10.3. The van der Waals surface area contributed by atoms with E-state index in [4.69, 9.17) is 9.52 Å². The third-order valence-corrected chi connectivity index (χ3v) is 2.67. The summed E-state index contributed by atoms with van der Waals surface area (Å²) < 4.78 is 6.49. The minimum Gasteiger partial charge on any atom is -0.478 e. The zero-order valence-electron chi connectivity index (χ0n) is 8.76. The molecule has 0 spiro atoms. The largest absolute Gasteiger partial charge is 0.478 e. The van der Waals surface area contributed by atoms with E-state index >= 15 is 0 Å². The molecule has 2 rings (SSSR count). The van der Waals surface area contributed by atoms with Crippen molar-refractivity contribution in [2.45, 2.75) is 0 Å². The number of hydrogen-bond donors (Lipinski definition) is 1. The van der Waals surface area contributed by atoms with Gasteiger partial charge in [-0.25, -0.2) is 4.79 Å². The maximum Gasteiger partial charge on any atom is 0.328 e. The maximum absolute atomic E-state index is 10.4. The second kappa shape index (κ2) is 5.01. The molecule has 0 bridgehead atoms. The van der Waals surface area contributed by atoms with E-state index < -0.39 is 5.97 Å². The van der Waals surface area contributed by atoms with E-state index in [1.807, 2.05) is 30.3 Å². The Bertz CT molecular complexity index is 552. The van der Waals surface area contributed by atoms with E-state index in [-0.39, 0.29) is 0 Å². The van der Waals surface area contributed by atoms with Gasteiger partial charge in [-0.2, -0.15) is 0 Å². The highest BCUT2D eigenvalue weighted by Gasteiger charge is 2.02. The molecule has 1 aromatic carbocycles. The predicted molar refractivity (Wildman–Crippen MR) is 68.5 cm³/mol. The van der Waals surface area contributed by atoms with E-state index in [0.717, 1.165) is 16.1 Å². The van der Waals surface area contributed by atoms with Crippen molar-refractivity contribution < 1.29 is 14.3 Å². The average Bonchev–Trinajstić information content (AvgIpc) is 2.76. The summed E-state index contributed by atoms with van der Waals surface area (Å²) in [4.78, 5) is 10.4. The number of rotatable bonds is 3. The van der Waals surface area contributed by atoms with Crippen molar-refractivity contribution >= 4 is 28.0 Å². The summed E-state index contributed by atoms with van der Waals surface area (Å²) in [5, 5.41) is 8.50. The summed E-state index contributed by atoms with van der Waals surface area (Å²) in [6.07, 6.45) is 2.47. The zero-order chi connectivity index (χ0) is 12.3. The van der Waals surface area contributed by atoms with E-state index in [9.17, 15) is 4.79 Å². The number of hydrogen-bond acceptors (Lipinski definition) is 2. The molecule has 0 radical (unpaired) electrons. The number of carboxylic acid groups (broad SMARTS) is 1. The molecular formula is C13H9BrO3. The molecule has 0 aliphatic rings. The molecule has 0 fully saturated rings. The van der Waals surface area contributed by atoms with Crippen LogP contribution in [0.5, 0.6) is 0 Å². The van der Waals surface area contributed by atoms with Gasteiger partial charge in [0, 0.05) is 16.1 Å². The smallest absolute Gasteiger partial charge is 0.328 e. The molecule has 0 aliphatic heterocycles. The van der Waals surface area contributed by atoms with Crippen LogP contribution in [0.4, 0.5) is 0 Å². The van der Waals surface area contributed by atoms with Gasteiger partial charge in [0.2, 0.25) is 0 Å². The molecule has 4 heteroatoms. The molecule has 1 aromatic heterocycles. The van der Waals surface area contributed by atoms with Crippen molar-refractivity contribution in [2.24, 2.45) is 0 Å². The Labute approximate surface area is 107 Å². The molecule has 86 valence electrons. The Hall–Kier alpha value is -1.81. The van der Waals surface area contributed by atoms with Gasteiger partial charge in [0.25, 0.3) is 0 Å². The topological polar surface area (TPSA) is 50.4 Å². The van der Waals surface area contributed by atoms with Crippen LogP contribution in [-0.2, 0) is 4.79 Å². The summed E-state index contributed by atoms with van der Waals surface area (Å²) in [6.45, 7) is 0. The summed E-state index contributed by atoms with van der Waals surface area (Å²) in [7, 11) is 0. The van der Waals surface area contributed by atoms with Crippen LogP contribution in [0.1, 0.15) is 5.76 Å². The maximum atomic E-state index is 10.4. The minimum atomic E-state index is -0.994. The van der Waals surface area contributed by atoms with Crippen LogP contribution in [-0.4, -0.2) is 11.1 Å². The number of aliphatic carboxylic acids is 1. The number of carboxylic acids is 1. The number of halogens is 1. The lowest BCUT2D eigenvalue weighted by Gasteiger charge is -1.96. The van der Waals surface area contributed by atoms with E-state index in [1.54, 1.807) is 6.07 Å². The molecule has 2 aromatic rings. The minimum absolute atomic E-state index is 0.519. The summed E-state index contributed by atoms with van der Waals surface area (Å²) in [5.74, 6) is 0.236. The fourth-order valence-electron chi connectivity index (χ4n) is 1.37. The molecule has 0 aliphatic carbocycles. The summed E-state index contributed by atoms with van der Waals surface area (Å²) >= 11 is 3.36. The lowest BCUT2D eigenvalue weighted by atomic mass is 10.2. The third kappa shape index (κ3) is 3.07. The molecule has 17 heavy (non-hydrogen) atoms. The van der Waals surface area contributed by atoms with Crippen LogP contribution in [0.3, 0.4) is 0 Å². The molecule has 0 atom stereocenters. The monoisotopic (exact) mass is 292 g/mol. The lowest BCUT2D eigenvalue weighted by molar-refractivity contribution is -0.131. The van der Waals surface area contributed by atoms with Gasteiger partial charge in [0.1, 0.15) is 11.5 Å². The summed E-state index contributed by atoms with van der Waals surface area (Å²) in [6, 6.07) is 11.2. The molecule has 0 saturated carbocycles. The van der Waals surface area contributed by atoms with Gasteiger partial charge in [-0.15, -0.1) is 0 Å². The quantitative estimate of drug-likeness (QED) is 0.875. The Morgan fingerprint density at radius 2 is 1.88 bits per heavy atom. The third-order valence-electron chi connectivity index (χ3n) is 2.15. The highest BCUT2D eigenvalue weighted by Crippen LogP contribution is 2.24. The van der Waals surface area contributed by atoms with Gasteiger partial charge in [-0.3, -0.25) is 0 Å². The van der Waals surface area contributed by atoms with Crippen LogP contribution in [0.15, 0.2) is 51.4 Å². The molecule has 0 saturated heterocycles. The SMILES string of the molecule is O=C(O)/C=C\c1ccc(-c2ccc(Br)cc2)o1. The molecule has 0 unspecified atom stereocenters. The Morgan fingerprint density at radius 3 is 2.53 bits per heavy atom. The molecule has 3 nitrogen and oxygen atoms in total. The van der Waals surface area contributed by atoms with Gasteiger partial charge >= 0.3 is 5.97 Å². The van der Waals surface area contributed by atoms with E-state index in [2.05, 4.69) is 15.9 Å². The van der Waals surface area contributed by atoms with Gasteiger partial charge in [0.05, 0.1) is 0 Å². The first-order valence-corrected chi connectivity index (χ1v) is 5.71. The van der Waals surface area contributed by atoms with Gasteiger partial charge in [-0.1, -0.05) is 28.1 Å². The Kier molecular flexibility index (Phi) is 3.44. The normalized spacial score (nSPS) is 10.9. The molecule has 1 N–H and O–H groups in total. The van der Waals surface area contributed by atoms with Crippen LogP contribution < -0.4 is 0 Å². The number of carbonyl (C=O) groups is 1. The lowest BCUT2D eigenvalue weighted by Crippen LogP contribution is -1.84. The van der Waals surface area contributed by atoms with Crippen molar-refractivity contribution in [2.75, 3.05) is 0 Å². The predicted octanol–water partition coefficient (Wildman–Crippen LogP) is 3.81. The van der Waals surface area contributed by atoms with Crippen LogP contribution in [0.25, 0.3) is 17.4 Å². The fraction of sp³-hybridized carbons (Fsp3) is 0. The number of furan rings is 1. The van der Waals surface area contributed by atoms with Crippen LogP contribution in [0.2, 0.25) is 0 Å². The first-order valence-electron chi connectivity index (χ1n) is 4.92. The molecule has 0 amide bonds. The average molecular weight is 293 g/mol. The summed E-state index contributed by atoms with van der Waals surface area (Å²) in [5.41, 5.74) is 0.947. The second-order valence-electron chi connectivity index (χ2n) is 3.38. The first-order chi connectivity index (χ1) is 8.15. The van der Waals surface area contributed by atoms with Gasteiger partial charge in [0.15, 0.2) is 0 Å². The standard InChI is InChI=1S/C13H9BrO3/c14-10-3-1-9(2-4-10)12-7-5-11(17-12)6-8-13(15)16/h1-8H,(H,15,16)/b8-6-. The Balaban J connectivity index is 2.23. The van der Waals surface area contributed by atoms with E-state index in [1.165, 1.54) is 6.08 Å². The van der Waals surface area contributed by atoms with Crippen molar-refractivity contribution in [3.8, 4) is 11.3 Å².